The van der Waals surface area contributed by atoms with Crippen LogP contribution in [-0.4, -0.2) is 58.2 Å². The molecule has 0 radical (unpaired) electrons. The number of halogens is 2. The van der Waals surface area contributed by atoms with Crippen LogP contribution in [0.2, 0.25) is 10.3 Å². The van der Waals surface area contributed by atoms with E-state index < -0.39 is 32.9 Å². The van der Waals surface area contributed by atoms with Crippen LogP contribution in [0.25, 0.3) is 11.0 Å². The summed E-state index contributed by atoms with van der Waals surface area (Å²) in [5, 5.41) is 17.3. The van der Waals surface area contributed by atoms with E-state index >= 15 is 4.39 Å². The minimum atomic E-state index is -2.91. The summed E-state index contributed by atoms with van der Waals surface area (Å²) in [6.45, 7) is 6.43. The highest BCUT2D eigenvalue weighted by Gasteiger charge is 2.53. The molecule has 0 spiro atoms. The largest absolute Gasteiger partial charge is 0.405 e. The van der Waals surface area contributed by atoms with Crippen LogP contribution in [0.1, 0.15) is 27.0 Å². The van der Waals surface area contributed by atoms with Crippen LogP contribution in [-0.2, 0) is 9.16 Å². The van der Waals surface area contributed by atoms with Gasteiger partial charge in [0.25, 0.3) is 8.32 Å². The molecule has 5 rings (SSSR count). The maximum absolute atomic E-state index is 15.4. The number of nitrogen functional groups attached to an aromatic ring is 1. The molecule has 0 amide bonds. The van der Waals surface area contributed by atoms with Crippen molar-refractivity contribution in [1.82, 2.24) is 19.7 Å². The van der Waals surface area contributed by atoms with Gasteiger partial charge < -0.3 is 20.0 Å². The summed E-state index contributed by atoms with van der Waals surface area (Å²) in [5.41, 5.74) is 6.14. The molecule has 2 aromatic carbocycles. The topological polar surface area (TPSA) is 108 Å². The van der Waals surface area contributed by atoms with E-state index in [1.54, 1.807) is 0 Å². The maximum atomic E-state index is 15.4. The Morgan fingerprint density at radius 3 is 2.24 bits per heavy atom. The monoisotopic (exact) mass is 541 g/mol. The normalized spacial score (nSPS) is 22.5. The minimum Gasteiger partial charge on any atom is -0.405 e. The second kappa shape index (κ2) is 9.77. The van der Waals surface area contributed by atoms with Crippen molar-refractivity contribution < 1.29 is 18.7 Å². The van der Waals surface area contributed by atoms with Gasteiger partial charge >= 0.3 is 0 Å². The molecule has 3 heterocycles. The van der Waals surface area contributed by atoms with Crippen LogP contribution < -0.4 is 16.1 Å². The summed E-state index contributed by atoms with van der Waals surface area (Å²) >= 11 is 5.97. The molecule has 1 aliphatic heterocycles. The summed E-state index contributed by atoms with van der Waals surface area (Å²) in [6, 6.07) is 20.2. The molecule has 2 aromatic heterocycles. The molecular weight excluding hydrogens is 513 g/mol. The van der Waals surface area contributed by atoms with Crippen molar-refractivity contribution in [3.63, 3.8) is 0 Å². The molecule has 37 heavy (non-hydrogen) atoms. The zero-order chi connectivity index (χ0) is 26.4. The highest BCUT2D eigenvalue weighted by molar-refractivity contribution is 6.99. The molecule has 0 bridgehead atoms. The number of hydrogen-bond donors (Lipinski definition) is 2. The fourth-order valence-electron chi connectivity index (χ4n) is 5.11. The third kappa shape index (κ3) is 4.42. The molecule has 1 saturated heterocycles. The molecule has 4 atom stereocenters. The number of nitrogens with two attached hydrogens (primary N) is 1. The maximum Gasteiger partial charge on any atom is 0.261 e. The summed E-state index contributed by atoms with van der Waals surface area (Å²) in [7, 11) is -2.91. The molecule has 11 heteroatoms. The Hall–Kier alpha value is -2.89. The predicted molar refractivity (Wildman–Crippen MR) is 143 cm³/mol. The lowest BCUT2D eigenvalue weighted by atomic mass is 10.1. The number of aromatic nitrogens is 4. The summed E-state index contributed by atoms with van der Waals surface area (Å²) in [6.07, 6.45) is -3.94. The Labute approximate surface area is 220 Å². The molecule has 0 unspecified atom stereocenters. The van der Waals surface area contributed by atoms with Crippen LogP contribution in [0, 0.1) is 0 Å². The van der Waals surface area contributed by atoms with Crippen LogP contribution in [0.4, 0.5) is 10.2 Å². The summed E-state index contributed by atoms with van der Waals surface area (Å²) in [4.78, 5) is 8.05. The number of hydrogen-bond acceptors (Lipinski definition) is 7. The molecule has 194 valence electrons. The molecule has 0 aliphatic carbocycles. The lowest BCUT2D eigenvalue weighted by Crippen LogP contribution is -2.67. The fraction of sp³-hybridized carbons (Fsp3) is 0.346. The number of anilines is 1. The molecule has 1 aliphatic rings. The first-order valence-electron chi connectivity index (χ1n) is 12.0. The Bertz CT molecular complexity index is 1350. The highest BCUT2D eigenvalue weighted by Crippen LogP contribution is 2.39. The number of fused-ring (bicyclic) bond motifs is 1. The lowest BCUT2D eigenvalue weighted by molar-refractivity contribution is -0.0476. The van der Waals surface area contributed by atoms with Crippen LogP contribution in [0.15, 0.2) is 66.9 Å². The van der Waals surface area contributed by atoms with Gasteiger partial charge in [-0.3, -0.25) is 0 Å². The van der Waals surface area contributed by atoms with E-state index in [4.69, 9.17) is 26.5 Å². The molecule has 4 aromatic rings. The lowest BCUT2D eigenvalue weighted by Gasteiger charge is -2.43. The Morgan fingerprint density at radius 2 is 1.68 bits per heavy atom. The van der Waals surface area contributed by atoms with E-state index in [-0.39, 0.29) is 28.4 Å². The zero-order valence-electron chi connectivity index (χ0n) is 20.8. The average molecular weight is 542 g/mol. The first kappa shape index (κ1) is 25.7. The first-order chi connectivity index (χ1) is 17.6. The molecule has 3 N–H and O–H groups in total. The quantitative estimate of drug-likeness (QED) is 0.285. The number of ether oxygens (including phenoxy) is 1. The Kier molecular flexibility index (Phi) is 6.80. The number of rotatable bonds is 6. The van der Waals surface area contributed by atoms with E-state index in [1.807, 2.05) is 36.4 Å². The molecule has 8 nitrogen and oxygen atoms in total. The van der Waals surface area contributed by atoms with Crippen LogP contribution in [0.3, 0.4) is 0 Å². The van der Waals surface area contributed by atoms with Crippen molar-refractivity contribution >= 4 is 47.1 Å². The van der Waals surface area contributed by atoms with Gasteiger partial charge in [0.15, 0.2) is 18.0 Å². The number of aliphatic hydroxyl groups is 1. The van der Waals surface area contributed by atoms with Gasteiger partial charge in [0.2, 0.25) is 5.28 Å². The summed E-state index contributed by atoms with van der Waals surface area (Å²) in [5.74, 6) is 0.127. The van der Waals surface area contributed by atoms with Crippen molar-refractivity contribution in [1.29, 1.82) is 0 Å². The first-order valence-corrected chi connectivity index (χ1v) is 14.3. The molecular formula is C26H29ClFN5O3Si. The number of alkyl halides is 1. The van der Waals surface area contributed by atoms with E-state index in [2.05, 4.69) is 60.1 Å². The van der Waals surface area contributed by atoms with Gasteiger partial charge in [0.1, 0.15) is 18.0 Å². The van der Waals surface area contributed by atoms with Gasteiger partial charge in [-0.25, -0.2) is 14.1 Å². The van der Waals surface area contributed by atoms with E-state index in [9.17, 15) is 5.11 Å². The third-order valence-corrected chi connectivity index (χ3v) is 12.0. The Morgan fingerprint density at radius 1 is 1.08 bits per heavy atom. The van der Waals surface area contributed by atoms with Crippen LogP contribution in [0.5, 0.6) is 0 Å². The van der Waals surface area contributed by atoms with Crippen molar-refractivity contribution in [2.45, 2.75) is 50.4 Å². The molecule has 0 saturated carbocycles. The predicted octanol–water partition coefficient (Wildman–Crippen LogP) is 3.23. The van der Waals surface area contributed by atoms with Gasteiger partial charge in [-0.2, -0.15) is 10.1 Å². The van der Waals surface area contributed by atoms with Gasteiger partial charge in [-0.1, -0.05) is 81.4 Å². The van der Waals surface area contributed by atoms with Crippen LogP contribution >= 0.6 is 11.6 Å². The fourth-order valence-corrected chi connectivity index (χ4v) is 9.85. The second-order valence-corrected chi connectivity index (χ2v) is 14.8. The second-order valence-electron chi connectivity index (χ2n) is 10.2. The standard InChI is InChI=1S/C26H29ClFN5O3Si/c1-26(2,3)37(16-10-6-4-7-11-16,17-12-8-5-9-13-17)35-15-19-21(34)20(28)24(36-19)33-23-18(14-30-33)22(29)31-25(27)32-23/h4-14,19-21,24,34H,15H2,1-3H3,(H2,29,31,32)/t19-,20+,21-,24-/m1/s1. The average Bonchev–Trinajstić information content (AvgIpc) is 3.41. The smallest absolute Gasteiger partial charge is 0.261 e. The Balaban J connectivity index is 1.48. The third-order valence-electron chi connectivity index (χ3n) is 6.87. The van der Waals surface area contributed by atoms with Crippen molar-refractivity contribution in [2.75, 3.05) is 12.3 Å². The SMILES string of the molecule is CC(C)(C)[Si](OC[C@H]1O[C@@H](n2ncc3c(N)nc(Cl)nc32)[C@@H](F)[C@@H]1O)(c1ccccc1)c1ccccc1. The highest BCUT2D eigenvalue weighted by atomic mass is 35.5. The van der Waals surface area contributed by atoms with E-state index in [0.29, 0.717) is 5.39 Å². The van der Waals surface area contributed by atoms with Gasteiger partial charge in [-0.15, -0.1) is 0 Å². The molecule has 1 fully saturated rings. The van der Waals surface area contributed by atoms with Gasteiger partial charge in [0, 0.05) is 0 Å². The van der Waals surface area contributed by atoms with E-state index in [0.717, 1.165) is 10.4 Å². The zero-order valence-corrected chi connectivity index (χ0v) is 22.5. The van der Waals surface area contributed by atoms with Gasteiger partial charge in [-0.05, 0) is 27.0 Å². The number of nitrogens with zero attached hydrogens (tertiary/aromatic N) is 4. The van der Waals surface area contributed by atoms with Crippen molar-refractivity contribution in [2.24, 2.45) is 0 Å². The number of benzene rings is 2. The minimum absolute atomic E-state index is 0.0115. The van der Waals surface area contributed by atoms with Crippen molar-refractivity contribution in [3.05, 3.63) is 72.1 Å². The van der Waals surface area contributed by atoms with Gasteiger partial charge in [0.05, 0.1) is 18.2 Å². The summed E-state index contributed by atoms with van der Waals surface area (Å²) < 4.78 is 29.6. The van der Waals surface area contributed by atoms with Crippen molar-refractivity contribution in [3.8, 4) is 0 Å². The van der Waals surface area contributed by atoms with E-state index in [1.165, 1.54) is 10.9 Å². The number of aliphatic hydroxyl groups excluding tert-OH is 1.